The number of rotatable bonds is 5. The summed E-state index contributed by atoms with van der Waals surface area (Å²) in [5.41, 5.74) is 1.35. The van der Waals surface area contributed by atoms with Gasteiger partial charge in [0.1, 0.15) is 6.42 Å². The third-order valence-electron chi connectivity index (χ3n) is 6.42. The summed E-state index contributed by atoms with van der Waals surface area (Å²) < 4.78 is 0. The molecule has 2 amide bonds. The number of anilines is 2. The van der Waals surface area contributed by atoms with Crippen LogP contribution >= 0.6 is 0 Å². The molecular formula is C21H25N3O2. The van der Waals surface area contributed by atoms with Gasteiger partial charge in [0.15, 0.2) is 0 Å². The van der Waals surface area contributed by atoms with Crippen molar-refractivity contribution >= 4 is 23.2 Å². The highest BCUT2D eigenvalue weighted by Crippen LogP contribution is 2.61. The van der Waals surface area contributed by atoms with Crippen molar-refractivity contribution in [3.05, 3.63) is 24.3 Å². The van der Waals surface area contributed by atoms with Gasteiger partial charge in [-0.2, -0.15) is 5.26 Å². The van der Waals surface area contributed by atoms with Crippen LogP contribution in [0.1, 0.15) is 51.4 Å². The molecule has 0 radical (unpaired) electrons. The second-order valence-electron chi connectivity index (χ2n) is 8.57. The largest absolute Gasteiger partial charge is 0.324 e. The van der Waals surface area contributed by atoms with Gasteiger partial charge < -0.3 is 10.6 Å². The molecule has 4 aliphatic rings. The number of carbonyl (C=O) groups is 2. The highest BCUT2D eigenvalue weighted by Gasteiger charge is 2.51. The van der Waals surface area contributed by atoms with E-state index < -0.39 is 0 Å². The van der Waals surface area contributed by atoms with Gasteiger partial charge in [0.25, 0.3) is 0 Å². The summed E-state index contributed by atoms with van der Waals surface area (Å²) in [6.07, 6.45) is 8.09. The van der Waals surface area contributed by atoms with E-state index in [2.05, 4.69) is 10.6 Å². The van der Waals surface area contributed by atoms with Crippen molar-refractivity contribution in [2.75, 3.05) is 10.6 Å². The fraction of sp³-hybridized carbons (Fsp3) is 0.571. The van der Waals surface area contributed by atoms with Crippen LogP contribution in [0.15, 0.2) is 24.3 Å². The van der Waals surface area contributed by atoms with E-state index >= 15 is 0 Å². The number of hydrogen-bond donors (Lipinski definition) is 2. The van der Waals surface area contributed by atoms with E-state index in [0.717, 1.165) is 17.8 Å². The highest BCUT2D eigenvalue weighted by molar-refractivity contribution is 6.00. The normalized spacial score (nSPS) is 31.3. The first kappa shape index (κ1) is 17.1. The summed E-state index contributed by atoms with van der Waals surface area (Å²) in [6.45, 7) is 0. The lowest BCUT2D eigenvalue weighted by Gasteiger charge is -2.56. The summed E-state index contributed by atoms with van der Waals surface area (Å²) >= 11 is 0. The zero-order valence-electron chi connectivity index (χ0n) is 15.0. The number of benzene rings is 1. The summed E-state index contributed by atoms with van der Waals surface area (Å²) in [4.78, 5) is 24.5. The lowest BCUT2D eigenvalue weighted by Crippen LogP contribution is -2.47. The third kappa shape index (κ3) is 3.46. The Labute approximate surface area is 154 Å². The average molecular weight is 351 g/mol. The zero-order chi connectivity index (χ0) is 18.1. The molecule has 0 aromatic heterocycles. The lowest BCUT2D eigenvalue weighted by molar-refractivity contribution is -0.124. The van der Waals surface area contributed by atoms with Crippen LogP contribution in [0, 0.1) is 34.5 Å². The molecule has 1 aromatic rings. The average Bonchev–Trinajstić information content (AvgIpc) is 2.55. The van der Waals surface area contributed by atoms with Crippen LogP contribution in [0.5, 0.6) is 0 Å². The quantitative estimate of drug-likeness (QED) is 0.838. The van der Waals surface area contributed by atoms with E-state index in [1.165, 1.54) is 38.5 Å². The number of para-hydroxylation sites is 2. The molecule has 4 aliphatic carbocycles. The zero-order valence-corrected chi connectivity index (χ0v) is 15.0. The molecule has 4 saturated carbocycles. The van der Waals surface area contributed by atoms with Gasteiger partial charge in [0.2, 0.25) is 11.8 Å². The minimum atomic E-state index is -0.365. The van der Waals surface area contributed by atoms with Gasteiger partial charge in [-0.15, -0.1) is 0 Å². The topological polar surface area (TPSA) is 82.0 Å². The van der Waals surface area contributed by atoms with Crippen LogP contribution in [-0.2, 0) is 9.59 Å². The monoisotopic (exact) mass is 351 g/mol. The molecular weight excluding hydrogens is 326 g/mol. The van der Waals surface area contributed by atoms with Gasteiger partial charge in [-0.1, -0.05) is 12.1 Å². The van der Waals surface area contributed by atoms with Crippen molar-refractivity contribution in [3.8, 4) is 6.07 Å². The summed E-state index contributed by atoms with van der Waals surface area (Å²) in [5.74, 6) is 2.15. The molecule has 26 heavy (non-hydrogen) atoms. The van der Waals surface area contributed by atoms with E-state index in [-0.39, 0.29) is 23.7 Å². The maximum absolute atomic E-state index is 12.8. The molecule has 0 saturated heterocycles. The SMILES string of the molecule is N#CCC(=O)Nc1ccccc1NC(=O)CC12CC3CC(CC(C3)C1)C2. The van der Waals surface area contributed by atoms with Crippen molar-refractivity contribution < 1.29 is 9.59 Å². The number of nitrogens with one attached hydrogen (secondary N) is 2. The number of nitrogens with zero attached hydrogens (tertiary/aromatic N) is 1. The first-order valence-electron chi connectivity index (χ1n) is 9.61. The van der Waals surface area contributed by atoms with Crippen LogP contribution in [-0.4, -0.2) is 11.8 Å². The highest BCUT2D eigenvalue weighted by atomic mass is 16.2. The minimum absolute atomic E-state index is 0.0360. The molecule has 0 spiro atoms. The van der Waals surface area contributed by atoms with E-state index in [1.807, 2.05) is 12.1 Å². The van der Waals surface area contributed by atoms with Crippen molar-refractivity contribution in [2.45, 2.75) is 51.4 Å². The van der Waals surface area contributed by atoms with Crippen LogP contribution in [0.3, 0.4) is 0 Å². The molecule has 4 bridgehead atoms. The Bertz CT molecular complexity index is 729. The van der Waals surface area contributed by atoms with E-state index in [1.54, 1.807) is 18.2 Å². The molecule has 0 aliphatic heterocycles. The van der Waals surface area contributed by atoms with Gasteiger partial charge >= 0.3 is 0 Å². The Morgan fingerprint density at radius 3 is 1.96 bits per heavy atom. The predicted octanol–water partition coefficient (Wildman–Crippen LogP) is 4.08. The number of amides is 2. The standard InChI is InChI=1S/C21H25N3O2/c22-6-5-19(25)23-17-3-1-2-4-18(17)24-20(26)13-21-10-14-7-15(11-21)9-16(8-14)12-21/h1-4,14-16H,5,7-13H2,(H,23,25)(H,24,26). The van der Waals surface area contributed by atoms with Gasteiger partial charge in [-0.25, -0.2) is 0 Å². The predicted molar refractivity (Wildman–Crippen MR) is 99.2 cm³/mol. The Hall–Kier alpha value is -2.35. The number of nitriles is 1. The first-order chi connectivity index (χ1) is 12.5. The fourth-order valence-corrected chi connectivity index (χ4v) is 6.01. The van der Waals surface area contributed by atoms with Gasteiger partial charge in [-0.3, -0.25) is 9.59 Å². The van der Waals surface area contributed by atoms with Crippen LogP contribution < -0.4 is 10.6 Å². The van der Waals surface area contributed by atoms with Crippen LogP contribution in [0.2, 0.25) is 0 Å². The Morgan fingerprint density at radius 1 is 0.962 bits per heavy atom. The summed E-state index contributed by atoms with van der Waals surface area (Å²) in [5, 5.41) is 14.3. The second kappa shape index (κ2) is 6.75. The Morgan fingerprint density at radius 2 is 1.46 bits per heavy atom. The van der Waals surface area contributed by atoms with Crippen LogP contribution in [0.4, 0.5) is 11.4 Å². The van der Waals surface area contributed by atoms with Crippen molar-refractivity contribution in [2.24, 2.45) is 23.2 Å². The van der Waals surface area contributed by atoms with Gasteiger partial charge in [0, 0.05) is 6.42 Å². The molecule has 0 atom stereocenters. The Balaban J connectivity index is 1.43. The number of carbonyl (C=O) groups excluding carboxylic acids is 2. The summed E-state index contributed by atoms with van der Waals surface area (Å²) in [7, 11) is 0. The van der Waals surface area contributed by atoms with Crippen molar-refractivity contribution in [3.63, 3.8) is 0 Å². The maximum atomic E-state index is 12.8. The second-order valence-corrected chi connectivity index (χ2v) is 8.57. The molecule has 136 valence electrons. The molecule has 5 nitrogen and oxygen atoms in total. The molecule has 5 heteroatoms. The maximum Gasteiger partial charge on any atom is 0.238 e. The molecule has 2 N–H and O–H groups in total. The smallest absolute Gasteiger partial charge is 0.238 e. The van der Waals surface area contributed by atoms with Crippen LogP contribution in [0.25, 0.3) is 0 Å². The first-order valence-corrected chi connectivity index (χ1v) is 9.61. The molecule has 5 rings (SSSR count). The molecule has 0 unspecified atom stereocenters. The molecule has 0 heterocycles. The fourth-order valence-electron chi connectivity index (χ4n) is 6.01. The van der Waals surface area contributed by atoms with E-state index in [4.69, 9.17) is 5.26 Å². The Kier molecular flexibility index (Phi) is 4.44. The minimum Gasteiger partial charge on any atom is -0.324 e. The van der Waals surface area contributed by atoms with Gasteiger partial charge in [0.05, 0.1) is 17.4 Å². The third-order valence-corrected chi connectivity index (χ3v) is 6.42. The van der Waals surface area contributed by atoms with Crippen molar-refractivity contribution in [1.82, 2.24) is 0 Å². The van der Waals surface area contributed by atoms with Gasteiger partial charge in [-0.05, 0) is 73.8 Å². The van der Waals surface area contributed by atoms with E-state index in [9.17, 15) is 9.59 Å². The number of hydrogen-bond acceptors (Lipinski definition) is 3. The summed E-state index contributed by atoms with van der Waals surface area (Å²) in [6, 6.07) is 9.01. The van der Waals surface area contributed by atoms with E-state index in [0.29, 0.717) is 17.8 Å². The lowest BCUT2D eigenvalue weighted by atomic mass is 9.49. The van der Waals surface area contributed by atoms with Crippen molar-refractivity contribution in [1.29, 1.82) is 5.26 Å². The molecule has 4 fully saturated rings. The molecule has 1 aromatic carbocycles.